The van der Waals surface area contributed by atoms with Crippen LogP contribution in [0, 0.1) is 11.8 Å². The van der Waals surface area contributed by atoms with Crippen molar-refractivity contribution in [2.24, 2.45) is 11.8 Å². The molecular weight excluding hydrogens is 382 g/mol. The molecule has 6 rings (SSSR count). The van der Waals surface area contributed by atoms with E-state index >= 15 is 0 Å². The predicted octanol–water partition coefficient (Wildman–Crippen LogP) is 5.93. The summed E-state index contributed by atoms with van der Waals surface area (Å²) in [5.74, 6) is 0.586. The average molecular weight is 404 g/mol. The zero-order valence-corrected chi connectivity index (χ0v) is 16.7. The Balaban J connectivity index is 1.62. The van der Waals surface area contributed by atoms with E-state index in [0.717, 1.165) is 24.4 Å². The highest BCUT2D eigenvalue weighted by molar-refractivity contribution is 6.31. The maximum atomic E-state index is 11.9. The van der Waals surface area contributed by atoms with Crippen LogP contribution in [-0.4, -0.2) is 17.6 Å². The molecule has 2 aromatic rings. The lowest BCUT2D eigenvalue weighted by Crippen LogP contribution is -2.46. The first-order chi connectivity index (χ1) is 14.1. The summed E-state index contributed by atoms with van der Waals surface area (Å²) in [4.78, 5) is 14.5. The first-order valence-electron chi connectivity index (χ1n) is 10.4. The van der Waals surface area contributed by atoms with Gasteiger partial charge in [-0.25, -0.2) is 4.79 Å². The van der Waals surface area contributed by atoms with Crippen molar-refractivity contribution in [3.05, 3.63) is 88.0 Å². The fraction of sp³-hybridized carbons (Fsp3) is 0.320. The van der Waals surface area contributed by atoms with Crippen molar-refractivity contribution >= 4 is 23.3 Å². The third-order valence-corrected chi connectivity index (χ3v) is 7.66. The normalized spacial score (nSPS) is 30.8. The van der Waals surface area contributed by atoms with Gasteiger partial charge in [0.25, 0.3) is 0 Å². The van der Waals surface area contributed by atoms with Gasteiger partial charge < -0.3 is 10.0 Å². The third kappa shape index (κ3) is 2.40. The van der Waals surface area contributed by atoms with Crippen LogP contribution in [0.3, 0.4) is 0 Å². The first kappa shape index (κ1) is 17.3. The Bertz CT molecular complexity index is 1070. The van der Waals surface area contributed by atoms with Crippen LogP contribution in [0.15, 0.2) is 60.7 Å². The molecule has 2 heterocycles. The van der Waals surface area contributed by atoms with Crippen LogP contribution in [0.1, 0.15) is 57.8 Å². The Morgan fingerprint density at radius 1 is 1.00 bits per heavy atom. The second-order valence-corrected chi connectivity index (χ2v) is 9.14. The fourth-order valence-electron chi connectivity index (χ4n) is 6.17. The highest BCUT2D eigenvalue weighted by Crippen LogP contribution is 2.59. The zero-order chi connectivity index (χ0) is 19.7. The fourth-order valence-corrected chi connectivity index (χ4v) is 6.41. The van der Waals surface area contributed by atoms with Gasteiger partial charge >= 0.3 is 5.97 Å². The van der Waals surface area contributed by atoms with Crippen molar-refractivity contribution < 1.29 is 9.90 Å². The van der Waals surface area contributed by atoms with Gasteiger partial charge in [-0.15, -0.1) is 0 Å². The first-order valence-corrected chi connectivity index (χ1v) is 10.8. The number of anilines is 1. The summed E-state index contributed by atoms with van der Waals surface area (Å²) in [6.45, 7) is 0.989. The number of aromatic carboxylic acids is 1. The van der Waals surface area contributed by atoms with E-state index < -0.39 is 5.97 Å². The number of rotatable bonds is 2. The van der Waals surface area contributed by atoms with Gasteiger partial charge in [-0.1, -0.05) is 54.1 Å². The topological polar surface area (TPSA) is 40.5 Å². The molecule has 4 aliphatic rings. The quantitative estimate of drug-likeness (QED) is 0.631. The van der Waals surface area contributed by atoms with E-state index in [4.69, 9.17) is 11.6 Å². The van der Waals surface area contributed by atoms with Crippen molar-refractivity contribution in [2.75, 3.05) is 11.4 Å². The summed E-state index contributed by atoms with van der Waals surface area (Å²) in [5, 5.41) is 10.6. The van der Waals surface area contributed by atoms with Crippen molar-refractivity contribution in [3.63, 3.8) is 0 Å². The minimum atomic E-state index is -0.841. The maximum Gasteiger partial charge on any atom is 0.335 e. The number of carboxylic acid groups (broad SMARTS) is 1. The summed E-state index contributed by atoms with van der Waals surface area (Å²) in [6, 6.07) is 12.3. The molecule has 2 aliphatic heterocycles. The monoisotopic (exact) mass is 403 g/mol. The molecule has 2 aliphatic carbocycles. The molecule has 146 valence electrons. The van der Waals surface area contributed by atoms with Crippen LogP contribution in [-0.2, 0) is 0 Å². The Hall–Kier alpha value is -2.52. The Morgan fingerprint density at radius 2 is 1.72 bits per heavy atom. The van der Waals surface area contributed by atoms with Crippen molar-refractivity contribution in [2.45, 2.75) is 30.7 Å². The SMILES string of the molecule is O=C(O)c1cc2c3c(c1)[C@H]1C=CC[C@H]1[C@H](c1ccccc1Cl)N3C[C@H]1CC=C[C@H]21. The molecule has 0 spiro atoms. The standard InChI is InChI=1S/C25H22ClNO2/c26-22-10-2-1-6-19(22)23-18-9-4-8-17(18)21-12-15(25(28)29)11-20-16-7-3-5-14(16)13-27(23)24(20)21/h1-4,6-8,10-12,14,16-18,23H,5,9,13H2,(H,28,29)/t14-,16+,17+,18-,23-/m1/s1. The van der Waals surface area contributed by atoms with E-state index in [1.807, 2.05) is 24.3 Å². The molecule has 0 amide bonds. The molecule has 0 unspecified atom stereocenters. The van der Waals surface area contributed by atoms with Gasteiger partial charge in [-0.3, -0.25) is 0 Å². The van der Waals surface area contributed by atoms with Gasteiger partial charge in [0.05, 0.1) is 11.6 Å². The summed E-state index contributed by atoms with van der Waals surface area (Å²) in [6.07, 6.45) is 11.1. The van der Waals surface area contributed by atoms with Gasteiger partial charge in [-0.2, -0.15) is 0 Å². The summed E-state index contributed by atoms with van der Waals surface area (Å²) < 4.78 is 0. The van der Waals surface area contributed by atoms with Crippen LogP contribution >= 0.6 is 11.6 Å². The number of benzene rings is 2. The average Bonchev–Trinajstić information content (AvgIpc) is 3.38. The molecule has 0 fully saturated rings. The number of fused-ring (bicyclic) bond motifs is 4. The Kier molecular flexibility index (Phi) is 3.73. The molecule has 4 heteroatoms. The van der Waals surface area contributed by atoms with Crippen LogP contribution in [0.5, 0.6) is 0 Å². The molecular formula is C25H22ClNO2. The molecule has 0 aromatic heterocycles. The van der Waals surface area contributed by atoms with Crippen molar-refractivity contribution in [1.82, 2.24) is 0 Å². The molecule has 0 saturated carbocycles. The smallest absolute Gasteiger partial charge is 0.335 e. The highest BCUT2D eigenvalue weighted by Gasteiger charge is 2.48. The largest absolute Gasteiger partial charge is 0.478 e. The predicted molar refractivity (Wildman–Crippen MR) is 115 cm³/mol. The van der Waals surface area contributed by atoms with Gasteiger partial charge in [0, 0.05) is 29.1 Å². The zero-order valence-electron chi connectivity index (χ0n) is 16.0. The number of hydrogen-bond acceptors (Lipinski definition) is 2. The van der Waals surface area contributed by atoms with Crippen LogP contribution in [0.2, 0.25) is 5.02 Å². The second-order valence-electron chi connectivity index (χ2n) is 8.73. The highest BCUT2D eigenvalue weighted by atomic mass is 35.5. The molecule has 29 heavy (non-hydrogen) atoms. The van der Waals surface area contributed by atoms with Crippen LogP contribution in [0.4, 0.5) is 5.69 Å². The van der Waals surface area contributed by atoms with Crippen molar-refractivity contribution in [3.8, 4) is 0 Å². The number of halogens is 1. The lowest BCUT2D eigenvalue weighted by atomic mass is 9.70. The molecule has 0 bridgehead atoms. The minimum Gasteiger partial charge on any atom is -0.478 e. The van der Waals surface area contributed by atoms with Crippen LogP contribution < -0.4 is 4.90 Å². The van der Waals surface area contributed by atoms with E-state index in [0.29, 0.717) is 23.3 Å². The number of carboxylic acids is 1. The molecule has 0 saturated heterocycles. The lowest BCUT2D eigenvalue weighted by molar-refractivity contribution is 0.0696. The Morgan fingerprint density at radius 3 is 2.52 bits per heavy atom. The van der Waals surface area contributed by atoms with Gasteiger partial charge in [0.2, 0.25) is 0 Å². The van der Waals surface area contributed by atoms with E-state index in [1.54, 1.807) is 0 Å². The maximum absolute atomic E-state index is 11.9. The van der Waals surface area contributed by atoms with Gasteiger partial charge in [-0.05, 0) is 59.6 Å². The molecule has 3 nitrogen and oxygen atoms in total. The number of nitrogens with zero attached hydrogens (tertiary/aromatic N) is 1. The molecule has 0 radical (unpaired) electrons. The number of allylic oxidation sites excluding steroid dienone is 4. The van der Waals surface area contributed by atoms with Gasteiger partial charge in [0.1, 0.15) is 0 Å². The number of hydrogen-bond donors (Lipinski definition) is 1. The van der Waals surface area contributed by atoms with E-state index in [-0.39, 0.29) is 12.0 Å². The summed E-state index contributed by atoms with van der Waals surface area (Å²) in [7, 11) is 0. The second kappa shape index (κ2) is 6.24. The van der Waals surface area contributed by atoms with E-state index in [2.05, 4.69) is 41.3 Å². The Labute approximate surface area is 175 Å². The lowest BCUT2D eigenvalue weighted by Gasteiger charge is -2.51. The van der Waals surface area contributed by atoms with E-state index in [1.165, 1.54) is 22.4 Å². The van der Waals surface area contributed by atoms with Gasteiger partial charge in [0.15, 0.2) is 0 Å². The minimum absolute atomic E-state index is 0.215. The summed E-state index contributed by atoms with van der Waals surface area (Å²) in [5.41, 5.74) is 5.22. The third-order valence-electron chi connectivity index (χ3n) is 7.32. The summed E-state index contributed by atoms with van der Waals surface area (Å²) >= 11 is 6.70. The van der Waals surface area contributed by atoms with E-state index in [9.17, 15) is 9.90 Å². The van der Waals surface area contributed by atoms with Crippen molar-refractivity contribution in [1.29, 1.82) is 0 Å². The molecule has 2 aromatic carbocycles. The number of carbonyl (C=O) groups is 1. The van der Waals surface area contributed by atoms with Crippen LogP contribution in [0.25, 0.3) is 0 Å². The molecule has 5 atom stereocenters. The molecule has 1 N–H and O–H groups in total.